The van der Waals surface area contributed by atoms with Crippen LogP contribution in [-0.2, 0) is 10.0 Å². The predicted octanol–water partition coefficient (Wildman–Crippen LogP) is 5.01. The number of rotatable bonds is 10. The van der Waals surface area contributed by atoms with Crippen LogP contribution in [0.2, 0.25) is 0 Å². The van der Waals surface area contributed by atoms with Crippen LogP contribution in [0.25, 0.3) is 11.5 Å². The zero-order chi connectivity index (χ0) is 24.9. The normalized spacial score (nSPS) is 12.0. The molecule has 0 saturated carbocycles. The number of thioether (sulfide) groups is 1. The Bertz CT molecular complexity index is 1210. The molecule has 0 unspecified atom stereocenters. The summed E-state index contributed by atoms with van der Waals surface area (Å²) in [5.74, 6) is 0.211. The Balaban J connectivity index is 1.73. The largest absolute Gasteiger partial charge is 0.403 e. The van der Waals surface area contributed by atoms with Crippen LogP contribution in [0.5, 0.6) is 0 Å². The highest BCUT2D eigenvalue weighted by atomic mass is 32.2. The second-order valence-electron chi connectivity index (χ2n) is 8.73. The van der Waals surface area contributed by atoms with E-state index in [2.05, 4.69) is 15.5 Å². The molecule has 0 fully saturated rings. The first-order valence-corrected chi connectivity index (χ1v) is 13.7. The molecule has 3 rings (SSSR count). The number of sulfonamides is 1. The molecule has 0 atom stereocenters. The maximum Gasteiger partial charge on any atom is 0.322 e. The van der Waals surface area contributed by atoms with Gasteiger partial charge in [-0.1, -0.05) is 38.9 Å². The highest BCUT2D eigenvalue weighted by molar-refractivity contribution is 7.98. The second kappa shape index (κ2) is 11.2. The van der Waals surface area contributed by atoms with Crippen LogP contribution in [-0.4, -0.2) is 48.2 Å². The van der Waals surface area contributed by atoms with Crippen molar-refractivity contribution in [3.05, 3.63) is 54.1 Å². The highest BCUT2D eigenvalue weighted by Gasteiger charge is 2.26. The molecule has 1 N–H and O–H groups in total. The molecule has 1 aromatic heterocycles. The maximum absolute atomic E-state index is 13.1. The van der Waals surface area contributed by atoms with Crippen LogP contribution in [0.15, 0.2) is 62.7 Å². The van der Waals surface area contributed by atoms with Gasteiger partial charge < -0.3 is 4.42 Å². The van der Waals surface area contributed by atoms with E-state index in [1.165, 1.54) is 28.6 Å². The quantitative estimate of drug-likeness (QED) is 0.388. The summed E-state index contributed by atoms with van der Waals surface area (Å²) in [5.41, 5.74) is 1.03. The first kappa shape index (κ1) is 25.9. The van der Waals surface area contributed by atoms with Gasteiger partial charge in [0.1, 0.15) is 0 Å². The molecule has 1 amide bonds. The van der Waals surface area contributed by atoms with Crippen molar-refractivity contribution in [3.8, 4) is 11.5 Å². The van der Waals surface area contributed by atoms with Crippen molar-refractivity contribution in [2.24, 2.45) is 11.8 Å². The number of carbonyl (C=O) groups excluding carboxylic acids is 1. The van der Waals surface area contributed by atoms with Crippen LogP contribution in [0.3, 0.4) is 0 Å². The minimum atomic E-state index is -3.67. The summed E-state index contributed by atoms with van der Waals surface area (Å²) in [6, 6.07) is 13.5. The Kier molecular flexibility index (Phi) is 8.51. The minimum absolute atomic E-state index is 0.0358. The summed E-state index contributed by atoms with van der Waals surface area (Å²) in [5, 5.41) is 10.5. The van der Waals surface area contributed by atoms with Gasteiger partial charge in [-0.2, -0.15) is 4.31 Å². The lowest BCUT2D eigenvalue weighted by molar-refractivity contribution is 0.102. The smallest absolute Gasteiger partial charge is 0.322 e. The SMILES string of the molecule is CSc1cccc(-c2nnc(NC(=O)c3ccc(S(=O)(=O)N(CC(C)C)CC(C)C)cc3)o2)c1. The molecule has 3 aromatic rings. The third-order valence-corrected chi connectivity index (χ3v) is 7.43. The van der Waals surface area contributed by atoms with Crippen LogP contribution in [0.4, 0.5) is 6.01 Å². The average molecular weight is 503 g/mol. The summed E-state index contributed by atoms with van der Waals surface area (Å²) < 4.78 is 33.4. The molecule has 10 heteroatoms. The summed E-state index contributed by atoms with van der Waals surface area (Å²) in [6.07, 6.45) is 1.97. The van der Waals surface area contributed by atoms with Gasteiger partial charge in [0.2, 0.25) is 15.9 Å². The topological polar surface area (TPSA) is 105 Å². The number of nitrogens with zero attached hydrogens (tertiary/aromatic N) is 3. The lowest BCUT2D eigenvalue weighted by Gasteiger charge is -2.25. The van der Waals surface area contributed by atoms with Crippen molar-refractivity contribution in [2.45, 2.75) is 37.5 Å². The fraction of sp³-hybridized carbons (Fsp3) is 0.375. The average Bonchev–Trinajstić information content (AvgIpc) is 3.26. The number of hydrogen-bond acceptors (Lipinski definition) is 7. The molecule has 0 bridgehead atoms. The van der Waals surface area contributed by atoms with Crippen molar-refractivity contribution in [3.63, 3.8) is 0 Å². The third-order valence-electron chi connectivity index (χ3n) is 4.85. The van der Waals surface area contributed by atoms with Gasteiger partial charge >= 0.3 is 6.01 Å². The Morgan fingerprint density at radius 3 is 2.26 bits per heavy atom. The zero-order valence-corrected chi connectivity index (χ0v) is 21.6. The number of carbonyl (C=O) groups is 1. The molecule has 34 heavy (non-hydrogen) atoms. The molecular weight excluding hydrogens is 472 g/mol. The third kappa shape index (κ3) is 6.46. The van der Waals surface area contributed by atoms with Gasteiger partial charge in [0.05, 0.1) is 4.90 Å². The Morgan fingerprint density at radius 2 is 1.68 bits per heavy atom. The molecular formula is C24H30N4O4S2. The number of amides is 1. The van der Waals surface area contributed by atoms with Crippen molar-refractivity contribution in [2.75, 3.05) is 24.7 Å². The van der Waals surface area contributed by atoms with Gasteiger partial charge in [-0.3, -0.25) is 10.1 Å². The molecule has 8 nitrogen and oxygen atoms in total. The van der Waals surface area contributed by atoms with Gasteiger partial charge in [-0.05, 0) is 60.6 Å². The predicted molar refractivity (Wildman–Crippen MR) is 134 cm³/mol. The van der Waals surface area contributed by atoms with E-state index in [4.69, 9.17) is 4.42 Å². The van der Waals surface area contributed by atoms with Crippen LogP contribution < -0.4 is 5.32 Å². The first-order valence-electron chi connectivity index (χ1n) is 11.0. The molecule has 0 aliphatic rings. The van der Waals surface area contributed by atoms with E-state index in [9.17, 15) is 13.2 Å². The van der Waals surface area contributed by atoms with Crippen LogP contribution in [0.1, 0.15) is 38.1 Å². The fourth-order valence-electron chi connectivity index (χ4n) is 3.33. The number of anilines is 1. The van der Waals surface area contributed by atoms with Gasteiger partial charge in [0, 0.05) is 29.1 Å². The molecule has 1 heterocycles. The molecule has 0 saturated heterocycles. The van der Waals surface area contributed by atoms with Crippen molar-refractivity contribution < 1.29 is 17.6 Å². The van der Waals surface area contributed by atoms with Gasteiger partial charge in [-0.25, -0.2) is 8.42 Å². The molecule has 0 radical (unpaired) electrons. The van der Waals surface area contributed by atoms with Gasteiger partial charge in [0.25, 0.3) is 5.91 Å². The van der Waals surface area contributed by atoms with E-state index in [1.807, 2.05) is 58.2 Å². The van der Waals surface area contributed by atoms with E-state index in [0.29, 0.717) is 19.0 Å². The zero-order valence-electron chi connectivity index (χ0n) is 20.0. The van der Waals surface area contributed by atoms with E-state index in [0.717, 1.165) is 10.5 Å². The highest BCUT2D eigenvalue weighted by Crippen LogP contribution is 2.25. The van der Waals surface area contributed by atoms with Gasteiger partial charge in [-0.15, -0.1) is 16.9 Å². The first-order chi connectivity index (χ1) is 16.1. The summed E-state index contributed by atoms with van der Waals surface area (Å²) in [7, 11) is -3.67. The molecule has 182 valence electrons. The Hall–Kier alpha value is -2.69. The van der Waals surface area contributed by atoms with Crippen LogP contribution >= 0.6 is 11.8 Å². The number of hydrogen-bond donors (Lipinski definition) is 1. The molecule has 0 aliphatic carbocycles. The number of nitrogens with one attached hydrogen (secondary N) is 1. The Morgan fingerprint density at radius 1 is 1.03 bits per heavy atom. The number of benzene rings is 2. The van der Waals surface area contributed by atoms with Gasteiger partial charge in [0.15, 0.2) is 0 Å². The van der Waals surface area contributed by atoms with E-state index in [-0.39, 0.29) is 28.3 Å². The van der Waals surface area contributed by atoms with E-state index < -0.39 is 15.9 Å². The molecule has 0 aliphatic heterocycles. The standard InChI is InChI=1S/C24H30N4O4S2/c1-16(2)14-28(15-17(3)4)34(30,31)21-11-9-18(10-12-21)22(29)25-24-27-26-23(32-24)19-7-6-8-20(13-19)33-5/h6-13,16-17H,14-15H2,1-5H3,(H,25,27,29). The lowest BCUT2D eigenvalue weighted by atomic mass is 10.2. The lowest BCUT2D eigenvalue weighted by Crippen LogP contribution is -2.37. The molecule has 2 aromatic carbocycles. The maximum atomic E-state index is 13.1. The summed E-state index contributed by atoms with van der Waals surface area (Å²) in [4.78, 5) is 13.8. The second-order valence-corrected chi connectivity index (χ2v) is 11.6. The van der Waals surface area contributed by atoms with E-state index >= 15 is 0 Å². The van der Waals surface area contributed by atoms with Crippen molar-refractivity contribution in [1.82, 2.24) is 14.5 Å². The van der Waals surface area contributed by atoms with Crippen LogP contribution in [0, 0.1) is 11.8 Å². The minimum Gasteiger partial charge on any atom is -0.403 e. The summed E-state index contributed by atoms with van der Waals surface area (Å²) >= 11 is 1.60. The molecule has 0 spiro atoms. The van der Waals surface area contributed by atoms with Crippen molar-refractivity contribution in [1.29, 1.82) is 0 Å². The monoisotopic (exact) mass is 502 g/mol. The summed E-state index contributed by atoms with van der Waals surface area (Å²) in [6.45, 7) is 8.80. The van der Waals surface area contributed by atoms with Crippen molar-refractivity contribution >= 4 is 33.7 Å². The Labute approximate surface area is 205 Å². The van der Waals surface area contributed by atoms with E-state index in [1.54, 1.807) is 11.8 Å². The fourth-order valence-corrected chi connectivity index (χ4v) is 5.55. The number of aromatic nitrogens is 2.